The van der Waals surface area contributed by atoms with E-state index in [4.69, 9.17) is 4.52 Å². The quantitative estimate of drug-likeness (QED) is 0.357. The Morgan fingerprint density at radius 2 is 2.00 bits per heavy atom. The van der Waals surface area contributed by atoms with Crippen molar-refractivity contribution in [2.45, 2.75) is 83.6 Å². The van der Waals surface area contributed by atoms with Gasteiger partial charge in [-0.1, -0.05) is 51.6 Å². The lowest BCUT2D eigenvalue weighted by molar-refractivity contribution is -0.160. The van der Waals surface area contributed by atoms with E-state index in [1.54, 1.807) is 11.0 Å². The normalized spacial score (nSPS) is 29.9. The molecule has 1 unspecified atom stereocenters. The van der Waals surface area contributed by atoms with E-state index in [2.05, 4.69) is 10.5 Å². The van der Waals surface area contributed by atoms with Crippen LogP contribution in [0.15, 0.2) is 10.6 Å². The summed E-state index contributed by atoms with van der Waals surface area (Å²) >= 11 is 0. The highest BCUT2D eigenvalue weighted by Crippen LogP contribution is 2.63. The second-order valence-electron chi connectivity index (χ2n) is 12.2. The number of carbonyl (C=O) groups is 3. The van der Waals surface area contributed by atoms with Crippen LogP contribution in [0.5, 0.6) is 0 Å². The molecule has 5 rings (SSSR count). The van der Waals surface area contributed by atoms with Gasteiger partial charge in [-0.15, -0.1) is 0 Å². The van der Waals surface area contributed by atoms with Gasteiger partial charge in [0.15, 0.2) is 5.82 Å². The molecule has 1 aliphatic heterocycles. The molecule has 3 atom stereocenters. The van der Waals surface area contributed by atoms with Gasteiger partial charge in [-0.05, 0) is 42.9 Å². The summed E-state index contributed by atoms with van der Waals surface area (Å²) in [6.07, 6.45) is 8.18. The fraction of sp³-hybridized carbons (Fsp3) is 0.760. The number of hydrogen-bond donors (Lipinski definition) is 2. The maximum atomic E-state index is 14.0. The van der Waals surface area contributed by atoms with Crippen LogP contribution in [0.3, 0.4) is 0 Å². The van der Waals surface area contributed by atoms with Crippen molar-refractivity contribution in [3.8, 4) is 0 Å². The van der Waals surface area contributed by atoms with Gasteiger partial charge in [-0.25, -0.2) is 5.06 Å². The molecule has 1 aromatic rings. The van der Waals surface area contributed by atoms with Crippen molar-refractivity contribution >= 4 is 24.0 Å². The van der Waals surface area contributed by atoms with Gasteiger partial charge in [0.25, 0.3) is 0 Å². The number of likely N-dealkylation sites (tertiary alicyclic amines) is 1. The Bertz CT molecular complexity index is 974. The van der Waals surface area contributed by atoms with Gasteiger partial charge in [0, 0.05) is 18.0 Å². The smallest absolute Gasteiger partial charge is 0.248 e. The van der Waals surface area contributed by atoms with E-state index in [-0.39, 0.29) is 35.1 Å². The van der Waals surface area contributed by atoms with Crippen molar-refractivity contribution in [3.63, 3.8) is 0 Å². The number of nitrogens with zero attached hydrogens (tertiary/aromatic N) is 3. The number of hydroxylamine groups is 2. The third-order valence-electron chi connectivity index (χ3n) is 8.62. The van der Waals surface area contributed by atoms with Crippen LogP contribution in [-0.4, -0.2) is 57.7 Å². The van der Waals surface area contributed by atoms with Crippen molar-refractivity contribution in [3.05, 3.63) is 11.8 Å². The van der Waals surface area contributed by atoms with Crippen LogP contribution in [0.2, 0.25) is 0 Å². The van der Waals surface area contributed by atoms with Crippen molar-refractivity contribution in [1.82, 2.24) is 15.1 Å². The fourth-order valence-corrected chi connectivity index (χ4v) is 6.36. The highest BCUT2D eigenvalue weighted by atomic mass is 16.5. The van der Waals surface area contributed by atoms with Crippen molar-refractivity contribution in [1.29, 1.82) is 0 Å². The standard InChI is InChI=1S/C25H36N4O5/c1-23(2,3)19-10-20(27-34-19)26-21(31)18-12-24(8-9-24)13-29(18)22(32)25(14-28(33)15-30)11-17(25)16-6-4-5-7-16/h10,15-18,33H,4-9,11-14H2,1-3H3,(H,26,27,31)/t17?,18-,25+/m0/s1. The minimum Gasteiger partial charge on any atom is -0.359 e. The van der Waals surface area contributed by atoms with Crippen LogP contribution in [-0.2, 0) is 19.8 Å². The second-order valence-corrected chi connectivity index (χ2v) is 12.2. The molecule has 4 aliphatic rings. The molecular weight excluding hydrogens is 436 g/mol. The molecule has 4 fully saturated rings. The molecule has 9 heteroatoms. The molecule has 34 heavy (non-hydrogen) atoms. The molecular formula is C25H36N4O5. The summed E-state index contributed by atoms with van der Waals surface area (Å²) in [5.74, 6) is 1.28. The maximum Gasteiger partial charge on any atom is 0.248 e. The Kier molecular flexibility index (Phi) is 5.54. The number of carbonyl (C=O) groups excluding carboxylic acids is 3. The van der Waals surface area contributed by atoms with Crippen LogP contribution in [0.1, 0.15) is 77.9 Å². The van der Waals surface area contributed by atoms with E-state index in [9.17, 15) is 19.6 Å². The topological polar surface area (TPSA) is 116 Å². The average Bonchev–Trinajstić information content (AvgIpc) is 3.41. The van der Waals surface area contributed by atoms with Gasteiger partial charge in [-0.3, -0.25) is 19.6 Å². The van der Waals surface area contributed by atoms with E-state index in [1.807, 2.05) is 20.8 Å². The van der Waals surface area contributed by atoms with E-state index in [0.29, 0.717) is 48.4 Å². The first-order chi connectivity index (χ1) is 16.1. The summed E-state index contributed by atoms with van der Waals surface area (Å²) < 4.78 is 5.40. The highest BCUT2D eigenvalue weighted by Gasteiger charge is 2.67. The SMILES string of the molecule is CC(C)(C)c1cc(NC(=O)[C@@H]2CC3(CC3)CN2C(=O)[C@@]2(CN(O)C=O)CC2C2CCCC2)no1. The van der Waals surface area contributed by atoms with Crippen LogP contribution >= 0.6 is 0 Å². The molecule has 3 saturated carbocycles. The molecule has 3 aliphatic carbocycles. The van der Waals surface area contributed by atoms with E-state index in [1.165, 1.54) is 0 Å². The lowest BCUT2D eigenvalue weighted by atomic mass is 9.91. The van der Waals surface area contributed by atoms with Gasteiger partial charge in [0.1, 0.15) is 11.8 Å². The number of aromatic nitrogens is 1. The zero-order valence-corrected chi connectivity index (χ0v) is 20.4. The Hall–Kier alpha value is -2.42. The molecule has 2 heterocycles. The predicted octanol–water partition coefficient (Wildman–Crippen LogP) is 3.34. The number of amides is 3. The second kappa shape index (κ2) is 8.07. The van der Waals surface area contributed by atoms with Crippen LogP contribution < -0.4 is 5.32 Å². The number of rotatable bonds is 7. The van der Waals surface area contributed by atoms with Crippen molar-refractivity contribution in [2.24, 2.45) is 22.7 Å². The summed E-state index contributed by atoms with van der Waals surface area (Å²) in [5, 5.41) is 17.5. The Morgan fingerprint density at radius 1 is 1.29 bits per heavy atom. The van der Waals surface area contributed by atoms with Gasteiger partial charge in [-0.2, -0.15) is 0 Å². The molecule has 1 saturated heterocycles. The summed E-state index contributed by atoms with van der Waals surface area (Å²) in [6, 6.07) is 1.15. The highest BCUT2D eigenvalue weighted by molar-refractivity contribution is 5.98. The largest absolute Gasteiger partial charge is 0.359 e. The molecule has 9 nitrogen and oxygen atoms in total. The number of hydrogen-bond acceptors (Lipinski definition) is 6. The van der Waals surface area contributed by atoms with Gasteiger partial charge >= 0.3 is 0 Å². The monoisotopic (exact) mass is 472 g/mol. The summed E-state index contributed by atoms with van der Waals surface area (Å²) in [6.45, 7) is 6.57. The Morgan fingerprint density at radius 3 is 2.59 bits per heavy atom. The van der Waals surface area contributed by atoms with Gasteiger partial charge in [0.2, 0.25) is 18.2 Å². The third-order valence-corrected chi connectivity index (χ3v) is 8.62. The first-order valence-corrected chi connectivity index (χ1v) is 12.6. The minimum absolute atomic E-state index is 0.00737. The number of anilines is 1. The van der Waals surface area contributed by atoms with E-state index >= 15 is 0 Å². The predicted molar refractivity (Wildman–Crippen MR) is 123 cm³/mol. The zero-order chi connectivity index (χ0) is 24.3. The maximum absolute atomic E-state index is 14.0. The van der Waals surface area contributed by atoms with Gasteiger partial charge in [0.05, 0.1) is 12.0 Å². The van der Waals surface area contributed by atoms with Crippen LogP contribution in [0.25, 0.3) is 0 Å². The lowest BCUT2D eigenvalue weighted by Gasteiger charge is -2.30. The molecule has 1 spiro atoms. The first-order valence-electron chi connectivity index (χ1n) is 12.6. The zero-order valence-electron chi connectivity index (χ0n) is 20.4. The van der Waals surface area contributed by atoms with Crippen molar-refractivity contribution < 1.29 is 24.1 Å². The first kappa shape index (κ1) is 23.3. The average molecular weight is 473 g/mol. The van der Waals surface area contributed by atoms with Crippen LogP contribution in [0, 0.1) is 22.7 Å². The number of nitrogens with one attached hydrogen (secondary N) is 1. The molecule has 0 radical (unpaired) electrons. The molecule has 3 amide bonds. The Labute approximate surface area is 200 Å². The molecule has 2 N–H and O–H groups in total. The summed E-state index contributed by atoms with van der Waals surface area (Å²) in [7, 11) is 0. The summed E-state index contributed by atoms with van der Waals surface area (Å²) in [4.78, 5) is 40.3. The van der Waals surface area contributed by atoms with E-state index < -0.39 is 11.5 Å². The molecule has 0 bridgehead atoms. The van der Waals surface area contributed by atoms with E-state index in [0.717, 1.165) is 38.5 Å². The van der Waals surface area contributed by atoms with Crippen LogP contribution in [0.4, 0.5) is 5.82 Å². The molecule has 186 valence electrons. The minimum atomic E-state index is -0.795. The Balaban J connectivity index is 1.36. The molecule has 1 aromatic heterocycles. The lowest BCUT2D eigenvalue weighted by Crippen LogP contribution is -2.49. The third kappa shape index (κ3) is 4.12. The fourth-order valence-electron chi connectivity index (χ4n) is 6.36. The summed E-state index contributed by atoms with van der Waals surface area (Å²) in [5.41, 5.74) is -1.01. The van der Waals surface area contributed by atoms with Gasteiger partial charge < -0.3 is 14.7 Å². The molecule has 0 aromatic carbocycles. The van der Waals surface area contributed by atoms with Crippen molar-refractivity contribution in [2.75, 3.05) is 18.4 Å².